The van der Waals surface area contributed by atoms with Crippen LogP contribution in [0.1, 0.15) is 5.56 Å². The van der Waals surface area contributed by atoms with Gasteiger partial charge in [-0.3, -0.25) is 5.01 Å². The second-order valence-corrected chi connectivity index (χ2v) is 3.73. The molecule has 0 unspecified atom stereocenters. The van der Waals surface area contributed by atoms with E-state index in [1.165, 1.54) is 5.56 Å². The van der Waals surface area contributed by atoms with Gasteiger partial charge in [0, 0.05) is 6.07 Å². The number of nitrogens with zero attached hydrogens (tertiary/aromatic N) is 1. The lowest BCUT2D eigenvalue weighted by molar-refractivity contribution is 0.475. The second-order valence-electron chi connectivity index (χ2n) is 3.73. The number of benzene rings is 2. The molecule has 3 N–H and O–H groups in total. The Kier molecular flexibility index (Phi) is 2.79. The van der Waals surface area contributed by atoms with Crippen LogP contribution in [0, 0.1) is 6.92 Å². The van der Waals surface area contributed by atoms with E-state index in [1.54, 1.807) is 23.2 Å². The lowest BCUT2D eigenvalue weighted by Gasteiger charge is -2.18. The summed E-state index contributed by atoms with van der Waals surface area (Å²) < 4.78 is 0. The van der Waals surface area contributed by atoms with Crippen molar-refractivity contribution in [3.63, 3.8) is 0 Å². The van der Waals surface area contributed by atoms with E-state index in [2.05, 4.69) is 0 Å². The molecule has 0 saturated carbocycles. The van der Waals surface area contributed by atoms with E-state index in [1.807, 2.05) is 37.3 Å². The van der Waals surface area contributed by atoms with Crippen molar-refractivity contribution in [2.45, 2.75) is 6.92 Å². The number of aryl methyl sites for hydroxylation is 1. The number of phenolic OH excluding ortho intramolecular Hbond substituents is 1. The van der Waals surface area contributed by atoms with Gasteiger partial charge in [0.25, 0.3) is 0 Å². The Labute approximate surface area is 94.7 Å². The normalized spacial score (nSPS) is 10.1. The van der Waals surface area contributed by atoms with E-state index in [0.29, 0.717) is 0 Å². The van der Waals surface area contributed by atoms with E-state index < -0.39 is 0 Å². The quantitative estimate of drug-likeness (QED) is 0.597. The summed E-state index contributed by atoms with van der Waals surface area (Å²) in [4.78, 5) is 0. The van der Waals surface area contributed by atoms with Gasteiger partial charge in [0.05, 0.1) is 11.4 Å². The third-order valence-corrected chi connectivity index (χ3v) is 2.42. The van der Waals surface area contributed by atoms with Crippen molar-refractivity contribution in [2.24, 2.45) is 5.84 Å². The van der Waals surface area contributed by atoms with Gasteiger partial charge in [-0.1, -0.05) is 23.8 Å². The molecule has 0 aromatic heterocycles. The van der Waals surface area contributed by atoms with E-state index in [4.69, 9.17) is 5.84 Å². The molecular formula is C13H14N2O. The van der Waals surface area contributed by atoms with Gasteiger partial charge in [-0.15, -0.1) is 0 Å². The van der Waals surface area contributed by atoms with Gasteiger partial charge < -0.3 is 5.11 Å². The number of nitrogens with two attached hydrogens (primary N) is 1. The highest BCUT2D eigenvalue weighted by Crippen LogP contribution is 2.24. The predicted molar refractivity (Wildman–Crippen MR) is 65.6 cm³/mol. The molecular weight excluding hydrogens is 200 g/mol. The summed E-state index contributed by atoms with van der Waals surface area (Å²) in [6.45, 7) is 2.03. The van der Waals surface area contributed by atoms with Crippen LogP contribution in [0.4, 0.5) is 11.4 Å². The van der Waals surface area contributed by atoms with Gasteiger partial charge >= 0.3 is 0 Å². The lowest BCUT2D eigenvalue weighted by Crippen LogP contribution is -2.24. The number of anilines is 2. The number of hydrogen-bond donors (Lipinski definition) is 2. The summed E-state index contributed by atoms with van der Waals surface area (Å²) in [7, 11) is 0. The number of phenols is 1. The van der Waals surface area contributed by atoms with Crippen LogP contribution in [0.25, 0.3) is 0 Å². The minimum atomic E-state index is 0.208. The second kappa shape index (κ2) is 4.24. The molecule has 0 atom stereocenters. The fourth-order valence-electron chi connectivity index (χ4n) is 1.50. The molecule has 0 spiro atoms. The minimum Gasteiger partial charge on any atom is -0.508 e. The van der Waals surface area contributed by atoms with Crippen LogP contribution in [0.15, 0.2) is 48.5 Å². The molecule has 0 bridgehead atoms. The summed E-state index contributed by atoms with van der Waals surface area (Å²) in [6.07, 6.45) is 0. The summed E-state index contributed by atoms with van der Waals surface area (Å²) in [6, 6.07) is 14.7. The highest BCUT2D eigenvalue weighted by Gasteiger charge is 2.04. The third-order valence-electron chi connectivity index (χ3n) is 2.42. The number of hydrogen-bond acceptors (Lipinski definition) is 3. The molecule has 0 radical (unpaired) electrons. The highest BCUT2D eigenvalue weighted by molar-refractivity contribution is 5.62. The maximum atomic E-state index is 9.37. The van der Waals surface area contributed by atoms with Crippen LogP contribution in [-0.2, 0) is 0 Å². The Morgan fingerprint density at radius 3 is 2.31 bits per heavy atom. The topological polar surface area (TPSA) is 49.5 Å². The van der Waals surface area contributed by atoms with Crippen LogP contribution in [-0.4, -0.2) is 5.11 Å². The maximum absolute atomic E-state index is 9.37. The van der Waals surface area contributed by atoms with E-state index in [0.717, 1.165) is 11.4 Å². The first-order chi connectivity index (χ1) is 7.66. The van der Waals surface area contributed by atoms with Crippen molar-refractivity contribution < 1.29 is 5.11 Å². The monoisotopic (exact) mass is 214 g/mol. The zero-order valence-electron chi connectivity index (χ0n) is 9.09. The van der Waals surface area contributed by atoms with Crippen molar-refractivity contribution in [3.05, 3.63) is 54.1 Å². The molecule has 0 heterocycles. The predicted octanol–water partition coefficient (Wildman–Crippen LogP) is 2.71. The number of hydrazine groups is 1. The van der Waals surface area contributed by atoms with Crippen LogP contribution in [0.3, 0.4) is 0 Å². The molecule has 0 aliphatic rings. The largest absolute Gasteiger partial charge is 0.508 e. The van der Waals surface area contributed by atoms with Crippen LogP contribution in [0.5, 0.6) is 5.75 Å². The molecule has 16 heavy (non-hydrogen) atoms. The van der Waals surface area contributed by atoms with Gasteiger partial charge in [-0.05, 0) is 31.2 Å². The fraction of sp³-hybridized carbons (Fsp3) is 0.0769. The fourth-order valence-corrected chi connectivity index (χ4v) is 1.50. The van der Waals surface area contributed by atoms with Gasteiger partial charge in [-0.25, -0.2) is 5.84 Å². The van der Waals surface area contributed by atoms with Crippen molar-refractivity contribution in [3.8, 4) is 5.75 Å². The molecule has 0 aliphatic heterocycles. The Morgan fingerprint density at radius 2 is 1.69 bits per heavy atom. The first-order valence-corrected chi connectivity index (χ1v) is 5.07. The molecule has 2 aromatic rings. The number of aromatic hydroxyl groups is 1. The van der Waals surface area contributed by atoms with Crippen molar-refractivity contribution in [1.29, 1.82) is 0 Å². The zero-order valence-corrected chi connectivity index (χ0v) is 9.09. The molecule has 0 amide bonds. The molecule has 82 valence electrons. The van der Waals surface area contributed by atoms with Crippen molar-refractivity contribution in [2.75, 3.05) is 5.01 Å². The summed E-state index contributed by atoms with van der Waals surface area (Å²) in [5.41, 5.74) is 2.83. The summed E-state index contributed by atoms with van der Waals surface area (Å²) >= 11 is 0. The van der Waals surface area contributed by atoms with Gasteiger partial charge in [0.2, 0.25) is 0 Å². The van der Waals surface area contributed by atoms with E-state index in [9.17, 15) is 5.11 Å². The Hall–Kier alpha value is -2.00. The average Bonchev–Trinajstić information content (AvgIpc) is 2.29. The molecule has 2 aromatic carbocycles. The van der Waals surface area contributed by atoms with Crippen LogP contribution >= 0.6 is 0 Å². The average molecular weight is 214 g/mol. The highest BCUT2D eigenvalue weighted by atomic mass is 16.3. The maximum Gasteiger partial charge on any atom is 0.117 e. The van der Waals surface area contributed by atoms with Crippen LogP contribution < -0.4 is 10.9 Å². The first-order valence-electron chi connectivity index (χ1n) is 5.07. The Morgan fingerprint density at radius 1 is 1.00 bits per heavy atom. The van der Waals surface area contributed by atoms with Gasteiger partial charge in [0.15, 0.2) is 0 Å². The standard InChI is InChI=1S/C13H14N2O/c1-10-5-7-11(8-6-10)15(14)12-3-2-4-13(16)9-12/h2-9,16H,14H2,1H3. The minimum absolute atomic E-state index is 0.208. The van der Waals surface area contributed by atoms with Crippen molar-refractivity contribution in [1.82, 2.24) is 0 Å². The Balaban J connectivity index is 2.31. The SMILES string of the molecule is Cc1ccc(N(N)c2cccc(O)c2)cc1. The third kappa shape index (κ3) is 2.15. The molecule has 2 rings (SSSR count). The summed E-state index contributed by atoms with van der Waals surface area (Å²) in [5.74, 6) is 6.17. The van der Waals surface area contributed by atoms with Crippen molar-refractivity contribution >= 4 is 11.4 Å². The van der Waals surface area contributed by atoms with E-state index >= 15 is 0 Å². The van der Waals surface area contributed by atoms with Gasteiger partial charge in [0.1, 0.15) is 5.75 Å². The first kappa shape index (κ1) is 10.5. The zero-order chi connectivity index (χ0) is 11.5. The van der Waals surface area contributed by atoms with Gasteiger partial charge in [-0.2, -0.15) is 0 Å². The Bertz CT molecular complexity index is 480. The molecule has 0 saturated heterocycles. The molecule has 3 nitrogen and oxygen atoms in total. The number of rotatable bonds is 2. The van der Waals surface area contributed by atoms with Crippen LogP contribution in [0.2, 0.25) is 0 Å². The molecule has 3 heteroatoms. The lowest BCUT2D eigenvalue weighted by atomic mass is 10.2. The summed E-state index contributed by atoms with van der Waals surface area (Å²) in [5, 5.41) is 10.9. The molecule has 0 fully saturated rings. The van der Waals surface area contributed by atoms with E-state index in [-0.39, 0.29) is 5.75 Å². The molecule has 0 aliphatic carbocycles. The smallest absolute Gasteiger partial charge is 0.117 e.